The highest BCUT2D eigenvalue weighted by atomic mass is 32.2. The zero-order chi connectivity index (χ0) is 19.5. The Morgan fingerprint density at radius 2 is 1.81 bits per heavy atom. The summed E-state index contributed by atoms with van der Waals surface area (Å²) < 4.78 is 39.4. The van der Waals surface area contributed by atoms with Crippen LogP contribution < -0.4 is 5.32 Å². The summed E-state index contributed by atoms with van der Waals surface area (Å²) in [5.41, 5.74) is -1.42. The molecule has 138 valence electrons. The summed E-state index contributed by atoms with van der Waals surface area (Å²) in [6.45, 7) is 3.48. The van der Waals surface area contributed by atoms with Gasteiger partial charge in [0.1, 0.15) is 0 Å². The second-order valence-corrected chi connectivity index (χ2v) is 6.96. The Bertz CT molecular complexity index is 823. The number of nitro benzene ring substituents is 1. The number of alkyl halides is 3. The molecule has 0 saturated carbocycles. The smallest absolute Gasteiger partial charge is 0.325 e. The Balaban J connectivity index is 2.19. The lowest BCUT2D eigenvalue weighted by Gasteiger charge is -2.16. The first-order chi connectivity index (χ1) is 12.1. The molecular weight excluding hydrogens is 369 g/mol. The maximum atomic E-state index is 13.1. The van der Waals surface area contributed by atoms with Gasteiger partial charge < -0.3 is 5.32 Å². The molecule has 0 fully saturated rings. The topological polar surface area (TPSA) is 72.2 Å². The number of nitrogens with zero attached hydrogens (tertiary/aromatic N) is 1. The molecule has 5 nitrogen and oxygen atoms in total. The largest absolute Gasteiger partial charge is 0.418 e. The van der Waals surface area contributed by atoms with Gasteiger partial charge in [-0.2, -0.15) is 13.2 Å². The van der Waals surface area contributed by atoms with Gasteiger partial charge in [0.2, 0.25) is 5.91 Å². The number of carbonyl (C=O) groups excluding carboxylic acids is 1. The van der Waals surface area contributed by atoms with Crippen LogP contribution in [0.15, 0.2) is 47.4 Å². The van der Waals surface area contributed by atoms with Gasteiger partial charge in [0.05, 0.1) is 21.4 Å². The number of aryl methyl sites for hydroxylation is 1. The van der Waals surface area contributed by atoms with Crippen molar-refractivity contribution in [1.82, 2.24) is 0 Å². The number of nitrogens with one attached hydrogen (secondary N) is 1. The molecule has 0 saturated heterocycles. The minimum Gasteiger partial charge on any atom is -0.325 e. The van der Waals surface area contributed by atoms with E-state index in [4.69, 9.17) is 0 Å². The first-order valence-electron chi connectivity index (χ1n) is 7.48. The lowest BCUT2D eigenvalue weighted by molar-refractivity contribution is -0.385. The monoisotopic (exact) mass is 384 g/mol. The van der Waals surface area contributed by atoms with Crippen LogP contribution in [0.2, 0.25) is 0 Å². The summed E-state index contributed by atoms with van der Waals surface area (Å²) >= 11 is 1.20. The molecule has 0 radical (unpaired) electrons. The molecule has 0 bridgehead atoms. The third-order valence-corrected chi connectivity index (χ3v) is 4.59. The fourth-order valence-electron chi connectivity index (χ4n) is 2.10. The van der Waals surface area contributed by atoms with Crippen LogP contribution in [-0.2, 0) is 11.0 Å². The lowest BCUT2D eigenvalue weighted by Crippen LogP contribution is -2.24. The van der Waals surface area contributed by atoms with E-state index in [2.05, 4.69) is 5.32 Å². The van der Waals surface area contributed by atoms with Crippen LogP contribution >= 0.6 is 11.8 Å². The van der Waals surface area contributed by atoms with E-state index in [9.17, 15) is 28.1 Å². The summed E-state index contributed by atoms with van der Waals surface area (Å²) in [7, 11) is 0. The van der Waals surface area contributed by atoms with Crippen molar-refractivity contribution in [3.8, 4) is 0 Å². The van der Waals surface area contributed by atoms with Gasteiger partial charge in [0.15, 0.2) is 0 Å². The number of benzene rings is 2. The molecule has 1 N–H and O–H groups in total. The van der Waals surface area contributed by atoms with E-state index < -0.39 is 39.2 Å². The van der Waals surface area contributed by atoms with E-state index in [0.717, 1.165) is 22.6 Å². The fraction of sp³-hybridized carbons (Fsp3) is 0.235. The Morgan fingerprint density at radius 1 is 1.19 bits per heavy atom. The summed E-state index contributed by atoms with van der Waals surface area (Å²) in [5, 5.41) is 12.3. The molecule has 0 aromatic heterocycles. The van der Waals surface area contributed by atoms with E-state index in [0.29, 0.717) is 6.07 Å². The Morgan fingerprint density at radius 3 is 2.35 bits per heavy atom. The highest BCUT2D eigenvalue weighted by Gasteiger charge is 2.36. The number of rotatable bonds is 5. The number of carbonyl (C=O) groups is 1. The molecular formula is C17H15F3N2O3S. The number of nitro groups is 1. The molecule has 2 aromatic rings. The second-order valence-electron chi connectivity index (χ2n) is 5.55. The van der Waals surface area contributed by atoms with E-state index in [-0.39, 0.29) is 0 Å². The number of halogens is 3. The molecule has 9 heteroatoms. The van der Waals surface area contributed by atoms with Gasteiger partial charge in [-0.1, -0.05) is 17.7 Å². The summed E-state index contributed by atoms with van der Waals surface area (Å²) in [4.78, 5) is 22.8. The Labute approximate surface area is 151 Å². The lowest BCUT2D eigenvalue weighted by atomic mass is 10.1. The van der Waals surface area contributed by atoms with Crippen molar-refractivity contribution in [2.24, 2.45) is 0 Å². The number of hydrogen-bond donors (Lipinski definition) is 1. The quantitative estimate of drug-likeness (QED) is 0.445. The number of thioether (sulfide) groups is 1. The minimum absolute atomic E-state index is 0.410. The average molecular weight is 384 g/mol. The van der Waals surface area contributed by atoms with E-state index in [1.54, 1.807) is 6.92 Å². The maximum absolute atomic E-state index is 13.1. The summed E-state index contributed by atoms with van der Waals surface area (Å²) in [6.07, 6.45) is -4.83. The molecule has 0 spiro atoms. The number of non-ortho nitro benzene ring substituents is 1. The first-order valence-corrected chi connectivity index (χ1v) is 8.35. The van der Waals surface area contributed by atoms with Crippen LogP contribution in [-0.4, -0.2) is 16.1 Å². The normalized spacial score (nSPS) is 12.5. The zero-order valence-electron chi connectivity index (χ0n) is 13.8. The summed E-state index contributed by atoms with van der Waals surface area (Å²) in [6, 6.07) is 9.59. The molecule has 0 aliphatic carbocycles. The van der Waals surface area contributed by atoms with Gasteiger partial charge in [-0.15, -0.1) is 11.8 Å². The van der Waals surface area contributed by atoms with Crippen LogP contribution in [0.25, 0.3) is 0 Å². The van der Waals surface area contributed by atoms with Gasteiger partial charge in [0, 0.05) is 17.0 Å². The predicted octanol–water partition coefficient (Wildman–Crippen LogP) is 5.04. The minimum atomic E-state index is -4.83. The Kier molecular flexibility index (Phi) is 5.91. The van der Waals surface area contributed by atoms with Crippen molar-refractivity contribution in [1.29, 1.82) is 0 Å². The van der Waals surface area contributed by atoms with Crippen LogP contribution in [0.5, 0.6) is 0 Å². The van der Waals surface area contributed by atoms with Crippen LogP contribution in [0, 0.1) is 17.0 Å². The molecule has 1 amide bonds. The first kappa shape index (κ1) is 19.8. The van der Waals surface area contributed by atoms with Crippen molar-refractivity contribution in [2.45, 2.75) is 30.2 Å². The van der Waals surface area contributed by atoms with Crippen LogP contribution in [0.4, 0.5) is 24.5 Å². The van der Waals surface area contributed by atoms with Crippen LogP contribution in [0.1, 0.15) is 18.1 Å². The van der Waals surface area contributed by atoms with E-state index in [1.807, 2.05) is 31.2 Å². The van der Waals surface area contributed by atoms with Crippen molar-refractivity contribution in [3.05, 3.63) is 63.7 Å². The fourth-order valence-corrected chi connectivity index (χ4v) is 2.97. The highest BCUT2D eigenvalue weighted by Crippen LogP contribution is 2.37. The molecule has 26 heavy (non-hydrogen) atoms. The van der Waals surface area contributed by atoms with Crippen molar-refractivity contribution < 1.29 is 22.9 Å². The Hall–Kier alpha value is -2.55. The number of amides is 1. The van der Waals surface area contributed by atoms with E-state index >= 15 is 0 Å². The number of hydrogen-bond acceptors (Lipinski definition) is 4. The maximum Gasteiger partial charge on any atom is 0.418 e. The van der Waals surface area contributed by atoms with Crippen LogP contribution in [0.3, 0.4) is 0 Å². The van der Waals surface area contributed by atoms with Crippen molar-refractivity contribution >= 4 is 29.0 Å². The SMILES string of the molecule is Cc1ccc(SC(C)C(=O)Nc2ccc([N+](=O)[O-])cc2C(F)(F)F)cc1. The molecule has 0 aliphatic heterocycles. The average Bonchev–Trinajstić information content (AvgIpc) is 2.56. The molecule has 1 atom stereocenters. The van der Waals surface area contributed by atoms with Crippen molar-refractivity contribution in [3.63, 3.8) is 0 Å². The van der Waals surface area contributed by atoms with Gasteiger partial charge in [0.25, 0.3) is 5.69 Å². The molecule has 2 rings (SSSR count). The van der Waals surface area contributed by atoms with Crippen molar-refractivity contribution in [2.75, 3.05) is 5.32 Å². The number of anilines is 1. The second kappa shape index (κ2) is 7.77. The molecule has 1 unspecified atom stereocenters. The third-order valence-electron chi connectivity index (χ3n) is 3.48. The zero-order valence-corrected chi connectivity index (χ0v) is 14.6. The van der Waals surface area contributed by atoms with E-state index in [1.165, 1.54) is 11.8 Å². The van der Waals surface area contributed by atoms with Gasteiger partial charge >= 0.3 is 6.18 Å². The third kappa shape index (κ3) is 4.98. The molecule has 0 heterocycles. The predicted molar refractivity (Wildman–Crippen MR) is 93.2 cm³/mol. The van der Waals surface area contributed by atoms with Gasteiger partial charge in [-0.05, 0) is 32.0 Å². The standard InChI is InChI=1S/C17H15F3N2O3S/c1-10-3-6-13(7-4-10)26-11(2)16(23)21-15-8-5-12(22(24)25)9-14(15)17(18,19)20/h3-9,11H,1-2H3,(H,21,23). The summed E-state index contributed by atoms with van der Waals surface area (Å²) in [5.74, 6) is -0.630. The van der Waals surface area contributed by atoms with Gasteiger partial charge in [-0.25, -0.2) is 0 Å². The van der Waals surface area contributed by atoms with Gasteiger partial charge in [-0.3, -0.25) is 14.9 Å². The highest BCUT2D eigenvalue weighted by molar-refractivity contribution is 8.00. The molecule has 2 aromatic carbocycles. The molecule has 0 aliphatic rings.